The van der Waals surface area contributed by atoms with Crippen molar-refractivity contribution in [2.24, 2.45) is 5.92 Å². The quantitative estimate of drug-likeness (QED) is 0.847. The van der Waals surface area contributed by atoms with Gasteiger partial charge in [-0.3, -0.25) is 4.79 Å². The molecule has 0 bridgehead atoms. The minimum absolute atomic E-state index is 0.0514. The number of nitrogens with one attached hydrogen (secondary N) is 1. The third kappa shape index (κ3) is 4.19. The van der Waals surface area contributed by atoms with Gasteiger partial charge < -0.3 is 9.73 Å². The van der Waals surface area contributed by atoms with E-state index < -0.39 is 0 Å². The Labute approximate surface area is 111 Å². The zero-order valence-corrected chi connectivity index (χ0v) is 12.4. The molecule has 1 rings (SSSR count). The largest absolute Gasteiger partial charge is 0.466 e. The first-order valence-corrected chi connectivity index (χ1v) is 7.00. The van der Waals surface area contributed by atoms with Crippen LogP contribution in [0.5, 0.6) is 0 Å². The standard InChI is InChI=1S/C13H20BrNO2/c1-8(2)5-11(7-14)15-13(16)12-6-9(3)17-10(12)4/h6,8,11H,5,7H2,1-4H3,(H,15,16). The van der Waals surface area contributed by atoms with Gasteiger partial charge in [-0.15, -0.1) is 0 Å². The van der Waals surface area contributed by atoms with Crippen molar-refractivity contribution in [1.29, 1.82) is 0 Å². The Hall–Kier alpha value is -0.770. The highest BCUT2D eigenvalue weighted by Gasteiger charge is 2.17. The number of amides is 1. The van der Waals surface area contributed by atoms with Crippen LogP contribution in [0.4, 0.5) is 0 Å². The zero-order valence-electron chi connectivity index (χ0n) is 10.8. The SMILES string of the molecule is Cc1cc(C(=O)NC(CBr)CC(C)C)c(C)o1. The van der Waals surface area contributed by atoms with Gasteiger partial charge in [0.1, 0.15) is 11.5 Å². The number of halogens is 1. The van der Waals surface area contributed by atoms with Crippen LogP contribution in [0.3, 0.4) is 0 Å². The van der Waals surface area contributed by atoms with Crippen molar-refractivity contribution >= 4 is 21.8 Å². The number of rotatable bonds is 5. The summed E-state index contributed by atoms with van der Waals surface area (Å²) >= 11 is 3.43. The van der Waals surface area contributed by atoms with E-state index in [1.807, 2.05) is 13.8 Å². The summed E-state index contributed by atoms with van der Waals surface area (Å²) in [5.74, 6) is 1.96. The van der Waals surface area contributed by atoms with Gasteiger partial charge in [-0.05, 0) is 32.3 Å². The van der Waals surface area contributed by atoms with Crippen LogP contribution in [0.15, 0.2) is 10.5 Å². The van der Waals surface area contributed by atoms with Crippen LogP contribution in [0.2, 0.25) is 0 Å². The van der Waals surface area contributed by atoms with Crippen molar-refractivity contribution < 1.29 is 9.21 Å². The van der Waals surface area contributed by atoms with E-state index in [9.17, 15) is 4.79 Å². The summed E-state index contributed by atoms with van der Waals surface area (Å²) in [6.45, 7) is 7.96. The van der Waals surface area contributed by atoms with Crippen molar-refractivity contribution in [3.63, 3.8) is 0 Å². The van der Waals surface area contributed by atoms with Crippen LogP contribution < -0.4 is 5.32 Å². The lowest BCUT2D eigenvalue weighted by molar-refractivity contribution is 0.0935. The number of aryl methyl sites for hydroxylation is 2. The maximum atomic E-state index is 12.0. The second-order valence-electron chi connectivity index (χ2n) is 4.78. The molecule has 0 spiro atoms. The Morgan fingerprint density at radius 1 is 1.47 bits per heavy atom. The molecule has 0 aliphatic rings. The fourth-order valence-corrected chi connectivity index (χ4v) is 2.28. The monoisotopic (exact) mass is 301 g/mol. The number of carbonyl (C=O) groups excluding carboxylic acids is 1. The molecular formula is C13H20BrNO2. The van der Waals surface area contributed by atoms with Crippen molar-refractivity contribution in [1.82, 2.24) is 5.32 Å². The summed E-state index contributed by atoms with van der Waals surface area (Å²) in [4.78, 5) is 12.0. The van der Waals surface area contributed by atoms with Gasteiger partial charge in [0.2, 0.25) is 0 Å². The van der Waals surface area contributed by atoms with Crippen LogP contribution in [0, 0.1) is 19.8 Å². The fraction of sp³-hybridized carbons (Fsp3) is 0.615. The molecule has 0 fully saturated rings. The fourth-order valence-electron chi connectivity index (χ4n) is 1.85. The van der Waals surface area contributed by atoms with Crippen LogP contribution in [-0.4, -0.2) is 17.3 Å². The second kappa shape index (κ2) is 6.24. The third-order valence-corrected chi connectivity index (χ3v) is 3.34. The molecule has 1 amide bonds. The Morgan fingerprint density at radius 2 is 2.12 bits per heavy atom. The summed E-state index contributed by atoms with van der Waals surface area (Å²) in [6.07, 6.45) is 0.965. The molecule has 0 aromatic carbocycles. The van der Waals surface area contributed by atoms with E-state index in [0.29, 0.717) is 17.2 Å². The molecular weight excluding hydrogens is 282 g/mol. The summed E-state index contributed by atoms with van der Waals surface area (Å²) in [5, 5.41) is 3.79. The van der Waals surface area contributed by atoms with Crippen LogP contribution in [0.1, 0.15) is 42.1 Å². The molecule has 1 heterocycles. The van der Waals surface area contributed by atoms with E-state index in [2.05, 4.69) is 35.1 Å². The van der Waals surface area contributed by atoms with Crippen LogP contribution in [-0.2, 0) is 0 Å². The van der Waals surface area contributed by atoms with Gasteiger partial charge in [-0.2, -0.15) is 0 Å². The maximum absolute atomic E-state index is 12.0. The van der Waals surface area contributed by atoms with E-state index in [1.165, 1.54) is 0 Å². The van der Waals surface area contributed by atoms with Crippen molar-refractivity contribution in [2.45, 2.75) is 40.2 Å². The first-order chi connectivity index (χ1) is 7.93. The molecule has 1 aromatic heterocycles. The van der Waals surface area contributed by atoms with Crippen LogP contribution in [0.25, 0.3) is 0 Å². The lowest BCUT2D eigenvalue weighted by Gasteiger charge is -2.17. The summed E-state index contributed by atoms with van der Waals surface area (Å²) in [6, 6.07) is 1.95. The van der Waals surface area contributed by atoms with Crippen LogP contribution >= 0.6 is 15.9 Å². The molecule has 96 valence electrons. The molecule has 1 unspecified atom stereocenters. The van der Waals surface area contributed by atoms with Crippen molar-refractivity contribution in [2.75, 3.05) is 5.33 Å². The van der Waals surface area contributed by atoms with E-state index in [0.717, 1.165) is 17.5 Å². The highest BCUT2D eigenvalue weighted by Crippen LogP contribution is 2.15. The smallest absolute Gasteiger partial charge is 0.255 e. The summed E-state index contributed by atoms with van der Waals surface area (Å²) in [5.41, 5.74) is 0.636. The molecule has 3 nitrogen and oxygen atoms in total. The third-order valence-electron chi connectivity index (χ3n) is 2.56. The molecule has 1 atom stereocenters. The van der Waals surface area contributed by atoms with E-state index in [4.69, 9.17) is 4.42 Å². The van der Waals surface area contributed by atoms with Crippen molar-refractivity contribution in [3.05, 3.63) is 23.2 Å². The Bertz CT molecular complexity index is 385. The molecule has 0 saturated carbocycles. The minimum atomic E-state index is -0.0514. The topological polar surface area (TPSA) is 42.2 Å². The molecule has 17 heavy (non-hydrogen) atoms. The van der Waals surface area contributed by atoms with E-state index in [1.54, 1.807) is 6.07 Å². The van der Waals surface area contributed by atoms with Crippen molar-refractivity contribution in [3.8, 4) is 0 Å². The van der Waals surface area contributed by atoms with Gasteiger partial charge in [-0.25, -0.2) is 0 Å². The average molecular weight is 302 g/mol. The van der Waals surface area contributed by atoms with Gasteiger partial charge in [0.25, 0.3) is 5.91 Å². The Balaban J connectivity index is 2.67. The Morgan fingerprint density at radius 3 is 2.53 bits per heavy atom. The van der Waals surface area contributed by atoms with Gasteiger partial charge >= 0.3 is 0 Å². The van der Waals surface area contributed by atoms with Gasteiger partial charge in [-0.1, -0.05) is 29.8 Å². The molecule has 0 aliphatic carbocycles. The first kappa shape index (κ1) is 14.3. The molecule has 4 heteroatoms. The highest BCUT2D eigenvalue weighted by molar-refractivity contribution is 9.09. The lowest BCUT2D eigenvalue weighted by Crippen LogP contribution is -2.37. The Kier molecular flexibility index (Phi) is 5.25. The van der Waals surface area contributed by atoms with Gasteiger partial charge in [0.15, 0.2) is 0 Å². The zero-order chi connectivity index (χ0) is 13.0. The molecule has 1 aromatic rings. The number of furan rings is 1. The predicted octanol–water partition coefficient (Wildman–Crippen LogP) is 3.44. The van der Waals surface area contributed by atoms with Gasteiger partial charge in [0.05, 0.1) is 5.56 Å². The molecule has 0 saturated heterocycles. The lowest BCUT2D eigenvalue weighted by atomic mass is 10.0. The van der Waals surface area contributed by atoms with E-state index >= 15 is 0 Å². The van der Waals surface area contributed by atoms with Gasteiger partial charge in [0, 0.05) is 11.4 Å². The highest BCUT2D eigenvalue weighted by atomic mass is 79.9. The second-order valence-corrected chi connectivity index (χ2v) is 5.43. The summed E-state index contributed by atoms with van der Waals surface area (Å²) < 4.78 is 5.36. The summed E-state index contributed by atoms with van der Waals surface area (Å²) in [7, 11) is 0. The first-order valence-electron chi connectivity index (χ1n) is 5.88. The maximum Gasteiger partial charge on any atom is 0.255 e. The minimum Gasteiger partial charge on any atom is -0.466 e. The normalized spacial score (nSPS) is 12.8. The number of carbonyl (C=O) groups is 1. The van der Waals surface area contributed by atoms with E-state index in [-0.39, 0.29) is 11.9 Å². The molecule has 0 radical (unpaired) electrons. The molecule has 1 N–H and O–H groups in total. The number of hydrogen-bond acceptors (Lipinski definition) is 2. The predicted molar refractivity (Wildman–Crippen MR) is 72.7 cm³/mol. The average Bonchev–Trinajstić information content (AvgIpc) is 2.56. The molecule has 0 aliphatic heterocycles. The number of alkyl halides is 1. The number of hydrogen-bond donors (Lipinski definition) is 1.